The average molecular weight is 269 g/mol. The molecule has 3 rings (SSSR count). The molecule has 2 aliphatic rings. The van der Waals surface area contributed by atoms with Gasteiger partial charge in [-0.15, -0.1) is 10.2 Å². The molecule has 0 radical (unpaired) electrons. The fraction of sp³-hybridized carbons (Fsp3) is 0.545. The van der Waals surface area contributed by atoms with E-state index in [1.165, 1.54) is 4.90 Å². The number of carboxylic acid groups (broad SMARTS) is 1. The Morgan fingerprint density at radius 1 is 1.22 bits per heavy atom. The highest BCUT2D eigenvalue weighted by Crippen LogP contribution is 2.33. The first-order valence-electron chi connectivity index (χ1n) is 5.85. The molecule has 1 aromatic heterocycles. The van der Waals surface area contributed by atoms with Crippen LogP contribution in [0.25, 0.3) is 0 Å². The largest absolute Gasteiger partial charge is 0.465 e. The lowest BCUT2D eigenvalue weighted by molar-refractivity contribution is 0.153. The van der Waals surface area contributed by atoms with Crippen LogP contribution in [-0.4, -0.2) is 52.5 Å². The zero-order valence-electron chi connectivity index (χ0n) is 9.66. The van der Waals surface area contributed by atoms with Crippen molar-refractivity contribution in [1.82, 2.24) is 15.1 Å². The molecule has 1 aromatic rings. The molecule has 2 saturated heterocycles. The maximum absolute atomic E-state index is 10.9. The first-order valence-corrected chi connectivity index (χ1v) is 6.23. The van der Waals surface area contributed by atoms with Crippen molar-refractivity contribution < 1.29 is 9.90 Å². The highest BCUT2D eigenvalue weighted by atomic mass is 35.5. The summed E-state index contributed by atoms with van der Waals surface area (Å²) in [6.45, 7) is 2.92. The number of likely N-dealkylation sites (tertiary alicyclic amines) is 1. The smallest absolute Gasteiger partial charge is 0.407 e. The first-order chi connectivity index (χ1) is 8.63. The molecule has 6 nitrogen and oxygen atoms in total. The lowest BCUT2D eigenvalue weighted by Crippen LogP contribution is -2.32. The number of fused-ring (bicyclic) bond motifs is 1. The van der Waals surface area contributed by atoms with Gasteiger partial charge in [-0.2, -0.15) is 0 Å². The van der Waals surface area contributed by atoms with Gasteiger partial charge in [0.15, 0.2) is 11.0 Å². The molecule has 96 valence electrons. The van der Waals surface area contributed by atoms with E-state index in [-0.39, 0.29) is 0 Å². The van der Waals surface area contributed by atoms with Crippen molar-refractivity contribution in [2.24, 2.45) is 11.8 Å². The number of hydrogen-bond donors (Lipinski definition) is 1. The van der Waals surface area contributed by atoms with E-state index >= 15 is 0 Å². The summed E-state index contributed by atoms with van der Waals surface area (Å²) in [7, 11) is 0. The molecule has 1 amide bonds. The summed E-state index contributed by atoms with van der Waals surface area (Å²) in [4.78, 5) is 14.5. The molecule has 3 heterocycles. The maximum Gasteiger partial charge on any atom is 0.407 e. The molecule has 2 aliphatic heterocycles. The Hall–Kier alpha value is -1.56. The van der Waals surface area contributed by atoms with Crippen LogP contribution in [0.15, 0.2) is 12.1 Å². The molecular formula is C11H13ClN4O2. The van der Waals surface area contributed by atoms with E-state index in [2.05, 4.69) is 15.1 Å². The van der Waals surface area contributed by atoms with Gasteiger partial charge < -0.3 is 14.9 Å². The standard InChI is InChI=1S/C11H13ClN4O2/c12-9-1-2-10(14-13-9)15-3-7-5-16(11(17)18)6-8(7)4-15/h1-2,7-8H,3-6H2,(H,17,18)/t7-,8+. The van der Waals surface area contributed by atoms with Gasteiger partial charge in [0.25, 0.3) is 0 Å². The van der Waals surface area contributed by atoms with E-state index in [0.29, 0.717) is 30.1 Å². The highest BCUT2D eigenvalue weighted by molar-refractivity contribution is 6.29. The molecule has 0 unspecified atom stereocenters. The Morgan fingerprint density at radius 2 is 1.89 bits per heavy atom. The van der Waals surface area contributed by atoms with E-state index in [9.17, 15) is 4.79 Å². The molecule has 0 bridgehead atoms. The number of carbonyl (C=O) groups is 1. The molecule has 0 spiro atoms. The molecule has 7 heteroatoms. The van der Waals surface area contributed by atoms with Crippen molar-refractivity contribution in [2.45, 2.75) is 0 Å². The van der Waals surface area contributed by atoms with Crippen molar-refractivity contribution >= 4 is 23.5 Å². The van der Waals surface area contributed by atoms with Crippen LogP contribution in [0.1, 0.15) is 0 Å². The van der Waals surface area contributed by atoms with Crippen molar-refractivity contribution in [3.8, 4) is 0 Å². The van der Waals surface area contributed by atoms with E-state index in [4.69, 9.17) is 16.7 Å². The molecule has 18 heavy (non-hydrogen) atoms. The number of rotatable bonds is 1. The summed E-state index contributed by atoms with van der Waals surface area (Å²) in [5.74, 6) is 1.62. The van der Waals surface area contributed by atoms with E-state index in [1.54, 1.807) is 6.07 Å². The monoisotopic (exact) mass is 268 g/mol. The van der Waals surface area contributed by atoms with Gasteiger partial charge in [-0.05, 0) is 12.1 Å². The quantitative estimate of drug-likeness (QED) is 0.828. The Bertz CT molecular complexity index is 453. The summed E-state index contributed by atoms with van der Waals surface area (Å²) < 4.78 is 0. The summed E-state index contributed by atoms with van der Waals surface area (Å²) in [5, 5.41) is 17.2. The van der Waals surface area contributed by atoms with Crippen LogP contribution >= 0.6 is 11.6 Å². The summed E-state index contributed by atoms with van der Waals surface area (Å²) >= 11 is 5.70. The predicted octanol–water partition coefficient (Wildman–Crippen LogP) is 1.18. The SMILES string of the molecule is O=C(O)N1C[C@@H]2CN(c3ccc(Cl)nn3)C[C@@H]2C1. The van der Waals surface area contributed by atoms with Crippen molar-refractivity contribution in [3.63, 3.8) is 0 Å². The number of anilines is 1. The molecule has 1 N–H and O–H groups in total. The van der Waals surface area contributed by atoms with Gasteiger partial charge >= 0.3 is 6.09 Å². The Morgan fingerprint density at radius 3 is 2.39 bits per heavy atom. The lowest BCUT2D eigenvalue weighted by Gasteiger charge is -2.20. The Kier molecular flexibility index (Phi) is 2.74. The summed E-state index contributed by atoms with van der Waals surface area (Å²) in [6.07, 6.45) is -0.817. The van der Waals surface area contributed by atoms with Crippen LogP contribution in [0.3, 0.4) is 0 Å². The van der Waals surface area contributed by atoms with Gasteiger partial charge in [-0.3, -0.25) is 0 Å². The third kappa shape index (κ3) is 1.96. The van der Waals surface area contributed by atoms with Gasteiger partial charge in [0.1, 0.15) is 0 Å². The van der Waals surface area contributed by atoms with Gasteiger partial charge in [0, 0.05) is 38.0 Å². The number of amides is 1. The first kappa shape index (κ1) is 11.5. The zero-order valence-corrected chi connectivity index (χ0v) is 10.4. The van der Waals surface area contributed by atoms with E-state index < -0.39 is 6.09 Å². The van der Waals surface area contributed by atoms with Crippen LogP contribution in [0.5, 0.6) is 0 Å². The second-order valence-corrected chi connectivity index (χ2v) is 5.21. The molecule has 0 aliphatic carbocycles. The minimum atomic E-state index is -0.817. The fourth-order valence-corrected chi connectivity index (χ4v) is 2.91. The van der Waals surface area contributed by atoms with Crippen LogP contribution in [-0.2, 0) is 0 Å². The maximum atomic E-state index is 10.9. The number of hydrogen-bond acceptors (Lipinski definition) is 4. The van der Waals surface area contributed by atoms with Crippen molar-refractivity contribution in [3.05, 3.63) is 17.3 Å². The predicted molar refractivity (Wildman–Crippen MR) is 65.8 cm³/mol. The third-order valence-electron chi connectivity index (χ3n) is 3.70. The van der Waals surface area contributed by atoms with Crippen molar-refractivity contribution in [1.29, 1.82) is 0 Å². The van der Waals surface area contributed by atoms with E-state index in [0.717, 1.165) is 18.9 Å². The van der Waals surface area contributed by atoms with Gasteiger partial charge in [-0.1, -0.05) is 11.6 Å². The van der Waals surface area contributed by atoms with Gasteiger partial charge in [0.2, 0.25) is 0 Å². The molecular weight excluding hydrogens is 256 g/mol. The zero-order chi connectivity index (χ0) is 12.7. The van der Waals surface area contributed by atoms with Gasteiger partial charge in [-0.25, -0.2) is 4.79 Å². The third-order valence-corrected chi connectivity index (χ3v) is 3.90. The average Bonchev–Trinajstić information content (AvgIpc) is 2.87. The summed E-state index contributed by atoms with van der Waals surface area (Å²) in [6, 6.07) is 3.58. The van der Waals surface area contributed by atoms with Gasteiger partial charge in [0.05, 0.1) is 0 Å². The fourth-order valence-electron chi connectivity index (χ4n) is 2.81. The Balaban J connectivity index is 1.68. The second kappa shape index (κ2) is 4.28. The number of aromatic nitrogens is 2. The highest BCUT2D eigenvalue weighted by Gasteiger charge is 2.42. The second-order valence-electron chi connectivity index (χ2n) is 4.83. The summed E-state index contributed by atoms with van der Waals surface area (Å²) in [5.41, 5.74) is 0. The lowest BCUT2D eigenvalue weighted by atomic mass is 10.0. The normalized spacial score (nSPS) is 26.5. The number of halogens is 1. The van der Waals surface area contributed by atoms with Crippen LogP contribution in [0, 0.1) is 11.8 Å². The molecule has 2 fully saturated rings. The van der Waals surface area contributed by atoms with Crippen LogP contribution < -0.4 is 4.90 Å². The topological polar surface area (TPSA) is 69.6 Å². The molecule has 0 saturated carbocycles. The minimum absolute atomic E-state index is 0.384. The minimum Gasteiger partial charge on any atom is -0.465 e. The van der Waals surface area contributed by atoms with Crippen molar-refractivity contribution in [2.75, 3.05) is 31.1 Å². The van der Waals surface area contributed by atoms with Crippen LogP contribution in [0.4, 0.5) is 10.6 Å². The molecule has 2 atom stereocenters. The number of nitrogens with zero attached hydrogens (tertiary/aromatic N) is 4. The van der Waals surface area contributed by atoms with E-state index in [1.807, 2.05) is 6.07 Å². The Labute approximate surface area is 109 Å². The van der Waals surface area contributed by atoms with Crippen LogP contribution in [0.2, 0.25) is 5.15 Å². The molecule has 0 aromatic carbocycles.